The Kier molecular flexibility index (Phi) is 7.39. The van der Waals surface area contributed by atoms with E-state index in [0.29, 0.717) is 24.5 Å². The first kappa shape index (κ1) is 16.4. The summed E-state index contributed by atoms with van der Waals surface area (Å²) in [5, 5.41) is 6.49. The number of rotatable bonds is 7. The van der Waals surface area contributed by atoms with E-state index >= 15 is 0 Å². The molecule has 1 fully saturated rings. The number of amides is 1. The van der Waals surface area contributed by atoms with Gasteiger partial charge in [-0.2, -0.15) is 0 Å². The Morgan fingerprint density at radius 1 is 1.42 bits per heavy atom. The van der Waals surface area contributed by atoms with E-state index in [2.05, 4.69) is 36.3 Å². The maximum absolute atomic E-state index is 12.0. The third-order valence-electron chi connectivity index (χ3n) is 4.21. The first-order valence-electron chi connectivity index (χ1n) is 7.79. The average Bonchev–Trinajstić information content (AvgIpc) is 2.38. The monoisotopic (exact) mass is 269 g/mol. The van der Waals surface area contributed by atoms with Crippen molar-refractivity contribution in [2.24, 2.45) is 5.92 Å². The van der Waals surface area contributed by atoms with Crippen LogP contribution in [0.1, 0.15) is 46.5 Å². The SMILES string of the molecule is CCCC(C)NC(=O)CN1CCC(NC)C(CC)C1. The highest BCUT2D eigenvalue weighted by Gasteiger charge is 2.27. The Balaban J connectivity index is 2.35. The van der Waals surface area contributed by atoms with Gasteiger partial charge in [0, 0.05) is 25.2 Å². The van der Waals surface area contributed by atoms with Crippen LogP contribution in [-0.2, 0) is 4.79 Å². The van der Waals surface area contributed by atoms with Crippen molar-refractivity contribution in [2.45, 2.75) is 58.5 Å². The van der Waals surface area contributed by atoms with Crippen molar-refractivity contribution < 1.29 is 4.79 Å². The van der Waals surface area contributed by atoms with Crippen LogP contribution in [0.3, 0.4) is 0 Å². The molecule has 2 N–H and O–H groups in total. The number of hydrogen-bond acceptors (Lipinski definition) is 3. The van der Waals surface area contributed by atoms with Gasteiger partial charge in [0.2, 0.25) is 5.91 Å². The van der Waals surface area contributed by atoms with Crippen LogP contribution in [-0.4, -0.2) is 49.6 Å². The molecule has 1 amide bonds. The van der Waals surface area contributed by atoms with Crippen molar-refractivity contribution in [3.8, 4) is 0 Å². The molecule has 4 heteroatoms. The van der Waals surface area contributed by atoms with Crippen LogP contribution in [0.15, 0.2) is 0 Å². The minimum Gasteiger partial charge on any atom is -0.353 e. The highest BCUT2D eigenvalue weighted by molar-refractivity contribution is 5.78. The zero-order chi connectivity index (χ0) is 14.3. The lowest BCUT2D eigenvalue weighted by atomic mass is 9.90. The van der Waals surface area contributed by atoms with Crippen molar-refractivity contribution in [1.29, 1.82) is 0 Å². The van der Waals surface area contributed by atoms with Crippen LogP contribution in [0.2, 0.25) is 0 Å². The summed E-state index contributed by atoms with van der Waals surface area (Å²) in [6.45, 7) is 9.10. The van der Waals surface area contributed by atoms with Gasteiger partial charge in [0.05, 0.1) is 6.54 Å². The third kappa shape index (κ3) is 5.49. The van der Waals surface area contributed by atoms with E-state index in [1.165, 1.54) is 6.42 Å². The van der Waals surface area contributed by atoms with Crippen molar-refractivity contribution >= 4 is 5.91 Å². The van der Waals surface area contributed by atoms with Gasteiger partial charge in [0.25, 0.3) is 0 Å². The van der Waals surface area contributed by atoms with Crippen molar-refractivity contribution in [3.63, 3.8) is 0 Å². The van der Waals surface area contributed by atoms with E-state index < -0.39 is 0 Å². The summed E-state index contributed by atoms with van der Waals surface area (Å²) in [5.74, 6) is 0.846. The number of piperidine rings is 1. The third-order valence-corrected chi connectivity index (χ3v) is 4.21. The predicted molar refractivity (Wildman–Crippen MR) is 80.2 cm³/mol. The molecule has 4 nitrogen and oxygen atoms in total. The average molecular weight is 269 g/mol. The minimum atomic E-state index is 0.179. The zero-order valence-electron chi connectivity index (χ0n) is 13.0. The van der Waals surface area contributed by atoms with Crippen LogP contribution < -0.4 is 10.6 Å². The van der Waals surface area contributed by atoms with E-state index in [-0.39, 0.29) is 5.91 Å². The van der Waals surface area contributed by atoms with Gasteiger partial charge in [-0.05, 0) is 32.7 Å². The molecule has 19 heavy (non-hydrogen) atoms. The Hall–Kier alpha value is -0.610. The number of nitrogens with zero attached hydrogens (tertiary/aromatic N) is 1. The van der Waals surface area contributed by atoms with Gasteiger partial charge < -0.3 is 10.6 Å². The molecule has 0 radical (unpaired) electrons. The minimum absolute atomic E-state index is 0.179. The van der Waals surface area contributed by atoms with Gasteiger partial charge in [0.1, 0.15) is 0 Å². The Labute approximate surface area is 118 Å². The lowest BCUT2D eigenvalue weighted by Crippen LogP contribution is -2.51. The summed E-state index contributed by atoms with van der Waals surface area (Å²) in [6, 6.07) is 0.914. The van der Waals surface area contributed by atoms with Crippen LogP contribution in [0.25, 0.3) is 0 Å². The second kappa shape index (κ2) is 8.54. The van der Waals surface area contributed by atoms with Crippen LogP contribution >= 0.6 is 0 Å². The molecule has 0 aromatic heterocycles. The smallest absolute Gasteiger partial charge is 0.234 e. The molecule has 1 aliphatic heterocycles. The maximum Gasteiger partial charge on any atom is 0.234 e. The van der Waals surface area contributed by atoms with Crippen molar-refractivity contribution in [1.82, 2.24) is 15.5 Å². The number of carbonyl (C=O) groups excluding carboxylic acids is 1. The molecular formula is C15H31N3O. The summed E-state index contributed by atoms with van der Waals surface area (Å²) in [7, 11) is 2.04. The van der Waals surface area contributed by atoms with Crippen molar-refractivity contribution in [3.05, 3.63) is 0 Å². The number of likely N-dealkylation sites (tertiary alicyclic amines) is 1. The molecule has 0 aromatic carbocycles. The second-order valence-electron chi connectivity index (χ2n) is 5.84. The Morgan fingerprint density at radius 3 is 2.74 bits per heavy atom. The molecule has 1 saturated heterocycles. The fraction of sp³-hybridized carbons (Fsp3) is 0.933. The van der Waals surface area contributed by atoms with Gasteiger partial charge >= 0.3 is 0 Å². The fourth-order valence-corrected chi connectivity index (χ4v) is 3.07. The van der Waals surface area contributed by atoms with Crippen LogP contribution in [0, 0.1) is 5.92 Å². The van der Waals surface area contributed by atoms with Crippen LogP contribution in [0.5, 0.6) is 0 Å². The molecule has 0 aliphatic carbocycles. The lowest BCUT2D eigenvalue weighted by Gasteiger charge is -2.38. The molecule has 3 unspecified atom stereocenters. The molecular weight excluding hydrogens is 238 g/mol. The van der Waals surface area contributed by atoms with E-state index in [1.54, 1.807) is 0 Å². The molecule has 3 atom stereocenters. The normalized spacial score (nSPS) is 26.1. The van der Waals surface area contributed by atoms with Crippen molar-refractivity contribution in [2.75, 3.05) is 26.7 Å². The first-order chi connectivity index (χ1) is 9.10. The summed E-state index contributed by atoms with van der Waals surface area (Å²) in [6.07, 6.45) is 4.50. The van der Waals surface area contributed by atoms with E-state index in [0.717, 1.165) is 32.4 Å². The summed E-state index contributed by atoms with van der Waals surface area (Å²) in [5.41, 5.74) is 0. The topological polar surface area (TPSA) is 44.4 Å². The highest BCUT2D eigenvalue weighted by Crippen LogP contribution is 2.19. The number of nitrogens with one attached hydrogen (secondary N) is 2. The molecule has 1 rings (SSSR count). The standard InChI is InChI=1S/C15H31N3O/c1-5-7-12(3)17-15(19)11-18-9-8-14(16-4)13(6-2)10-18/h12-14,16H,5-11H2,1-4H3,(H,17,19). The zero-order valence-corrected chi connectivity index (χ0v) is 13.0. The van der Waals surface area contributed by atoms with E-state index in [4.69, 9.17) is 0 Å². The van der Waals surface area contributed by atoms with Crippen LogP contribution in [0.4, 0.5) is 0 Å². The molecule has 1 aliphatic rings. The van der Waals surface area contributed by atoms with Gasteiger partial charge in [-0.15, -0.1) is 0 Å². The van der Waals surface area contributed by atoms with Gasteiger partial charge in [-0.25, -0.2) is 0 Å². The Morgan fingerprint density at radius 2 is 2.16 bits per heavy atom. The predicted octanol–water partition coefficient (Wildman–Crippen LogP) is 1.61. The summed E-state index contributed by atoms with van der Waals surface area (Å²) in [4.78, 5) is 14.3. The van der Waals surface area contributed by atoms with E-state index in [1.807, 2.05) is 7.05 Å². The number of carbonyl (C=O) groups is 1. The first-order valence-corrected chi connectivity index (χ1v) is 7.79. The highest BCUT2D eigenvalue weighted by atomic mass is 16.2. The quantitative estimate of drug-likeness (QED) is 0.738. The second-order valence-corrected chi connectivity index (χ2v) is 5.84. The Bertz CT molecular complexity index is 270. The van der Waals surface area contributed by atoms with Gasteiger partial charge in [-0.3, -0.25) is 9.69 Å². The lowest BCUT2D eigenvalue weighted by molar-refractivity contribution is -0.123. The largest absolute Gasteiger partial charge is 0.353 e. The summed E-state index contributed by atoms with van der Waals surface area (Å²) < 4.78 is 0. The molecule has 0 aromatic rings. The summed E-state index contributed by atoms with van der Waals surface area (Å²) >= 11 is 0. The molecule has 0 saturated carbocycles. The molecule has 0 bridgehead atoms. The molecule has 1 heterocycles. The maximum atomic E-state index is 12.0. The molecule has 0 spiro atoms. The van der Waals surface area contributed by atoms with Gasteiger partial charge in [-0.1, -0.05) is 26.7 Å². The van der Waals surface area contributed by atoms with E-state index in [9.17, 15) is 4.79 Å². The number of hydrogen-bond donors (Lipinski definition) is 2. The van der Waals surface area contributed by atoms with Gasteiger partial charge in [0.15, 0.2) is 0 Å². The molecule has 112 valence electrons. The fourth-order valence-electron chi connectivity index (χ4n) is 3.07.